The average Bonchev–Trinajstić information content (AvgIpc) is 2.60. The van der Waals surface area contributed by atoms with Gasteiger partial charge in [0.1, 0.15) is 0 Å². The van der Waals surface area contributed by atoms with E-state index in [1.165, 1.54) is 42.4 Å². The summed E-state index contributed by atoms with van der Waals surface area (Å²) in [6, 6.07) is 7.15. The van der Waals surface area contributed by atoms with E-state index in [4.69, 9.17) is 0 Å². The SMILES string of the molecule is CCCN(C(=O)Cc1ccc2c(c1)CCCC2)C1CCNCC1. The zero-order valence-electron chi connectivity index (χ0n) is 14.4. The minimum Gasteiger partial charge on any atom is -0.339 e. The molecular formula is C20H30N2O. The van der Waals surface area contributed by atoms with Crippen molar-refractivity contribution in [2.45, 2.75) is 64.3 Å². The van der Waals surface area contributed by atoms with Crippen LogP contribution in [0, 0.1) is 0 Å². The molecule has 3 rings (SSSR count). The summed E-state index contributed by atoms with van der Waals surface area (Å²) >= 11 is 0. The summed E-state index contributed by atoms with van der Waals surface area (Å²) in [7, 11) is 0. The Morgan fingerprint density at radius 1 is 1.17 bits per heavy atom. The van der Waals surface area contributed by atoms with E-state index in [1.807, 2.05) is 0 Å². The molecule has 1 N–H and O–H groups in total. The first-order chi connectivity index (χ1) is 11.3. The van der Waals surface area contributed by atoms with Crippen molar-refractivity contribution in [1.82, 2.24) is 10.2 Å². The second kappa shape index (κ2) is 7.96. The van der Waals surface area contributed by atoms with E-state index in [9.17, 15) is 4.79 Å². The van der Waals surface area contributed by atoms with Gasteiger partial charge in [-0.05, 0) is 74.7 Å². The van der Waals surface area contributed by atoms with E-state index in [1.54, 1.807) is 0 Å². The van der Waals surface area contributed by atoms with Crippen LogP contribution in [0.15, 0.2) is 18.2 Å². The highest BCUT2D eigenvalue weighted by Gasteiger charge is 2.24. The summed E-state index contributed by atoms with van der Waals surface area (Å²) in [4.78, 5) is 15.0. The Hall–Kier alpha value is -1.35. The summed E-state index contributed by atoms with van der Waals surface area (Å²) in [5.74, 6) is 0.314. The first-order valence-corrected chi connectivity index (χ1v) is 9.39. The number of benzene rings is 1. The number of nitrogens with one attached hydrogen (secondary N) is 1. The third kappa shape index (κ3) is 4.14. The number of carbonyl (C=O) groups is 1. The number of carbonyl (C=O) groups excluding carboxylic acids is 1. The van der Waals surface area contributed by atoms with Crippen molar-refractivity contribution in [3.05, 3.63) is 34.9 Å². The molecule has 23 heavy (non-hydrogen) atoms. The number of nitrogens with zero attached hydrogens (tertiary/aromatic N) is 1. The van der Waals surface area contributed by atoms with Gasteiger partial charge in [-0.25, -0.2) is 0 Å². The predicted molar refractivity (Wildman–Crippen MR) is 94.7 cm³/mol. The second-order valence-corrected chi connectivity index (χ2v) is 7.06. The van der Waals surface area contributed by atoms with Gasteiger partial charge in [0.05, 0.1) is 6.42 Å². The lowest BCUT2D eigenvalue weighted by molar-refractivity contribution is -0.133. The number of piperidine rings is 1. The van der Waals surface area contributed by atoms with Gasteiger partial charge in [0.2, 0.25) is 5.91 Å². The standard InChI is InChI=1S/C20H30N2O/c1-2-13-22(19-9-11-21-12-10-19)20(23)15-16-7-8-17-5-3-4-6-18(17)14-16/h7-8,14,19,21H,2-6,9-13,15H2,1H3. The maximum atomic E-state index is 12.9. The van der Waals surface area contributed by atoms with Crippen LogP contribution in [-0.4, -0.2) is 36.5 Å². The van der Waals surface area contributed by atoms with Crippen LogP contribution in [0.2, 0.25) is 0 Å². The normalized spacial score (nSPS) is 18.5. The molecule has 2 aliphatic rings. The summed E-state index contributed by atoms with van der Waals surface area (Å²) in [5, 5.41) is 3.40. The summed E-state index contributed by atoms with van der Waals surface area (Å²) in [6.45, 7) is 5.14. The quantitative estimate of drug-likeness (QED) is 0.906. The molecule has 0 saturated carbocycles. The molecule has 1 aliphatic heterocycles. The topological polar surface area (TPSA) is 32.3 Å². The van der Waals surface area contributed by atoms with E-state index in [2.05, 4.69) is 35.3 Å². The van der Waals surface area contributed by atoms with Crippen LogP contribution in [0.3, 0.4) is 0 Å². The van der Waals surface area contributed by atoms with Crippen molar-refractivity contribution >= 4 is 5.91 Å². The lowest BCUT2D eigenvalue weighted by atomic mass is 9.90. The van der Waals surface area contributed by atoms with Gasteiger partial charge in [-0.3, -0.25) is 4.79 Å². The molecule has 1 aromatic carbocycles. The van der Waals surface area contributed by atoms with Gasteiger partial charge in [0.15, 0.2) is 0 Å². The summed E-state index contributed by atoms with van der Waals surface area (Å²) in [5.41, 5.74) is 4.17. The molecule has 126 valence electrons. The average molecular weight is 314 g/mol. The Labute approximate surface area is 140 Å². The molecule has 3 nitrogen and oxygen atoms in total. The Balaban J connectivity index is 1.68. The van der Waals surface area contributed by atoms with Crippen molar-refractivity contribution in [2.24, 2.45) is 0 Å². The highest BCUT2D eigenvalue weighted by molar-refractivity contribution is 5.79. The third-order valence-electron chi connectivity index (χ3n) is 5.30. The molecule has 0 aromatic heterocycles. The van der Waals surface area contributed by atoms with Crippen LogP contribution in [0.25, 0.3) is 0 Å². The van der Waals surface area contributed by atoms with Gasteiger partial charge >= 0.3 is 0 Å². The maximum absolute atomic E-state index is 12.9. The number of amides is 1. The molecule has 3 heteroatoms. The molecule has 0 radical (unpaired) electrons. The molecule has 0 unspecified atom stereocenters. The molecule has 1 amide bonds. The molecule has 1 aromatic rings. The van der Waals surface area contributed by atoms with Gasteiger partial charge in [-0.1, -0.05) is 25.1 Å². The van der Waals surface area contributed by atoms with Gasteiger partial charge in [-0.15, -0.1) is 0 Å². The van der Waals surface area contributed by atoms with E-state index in [0.29, 0.717) is 18.4 Å². The first-order valence-electron chi connectivity index (χ1n) is 9.39. The Morgan fingerprint density at radius 3 is 2.65 bits per heavy atom. The van der Waals surface area contributed by atoms with Gasteiger partial charge in [0, 0.05) is 12.6 Å². The van der Waals surface area contributed by atoms with Crippen LogP contribution in [0.4, 0.5) is 0 Å². The third-order valence-corrected chi connectivity index (χ3v) is 5.30. The van der Waals surface area contributed by atoms with Gasteiger partial charge in [0.25, 0.3) is 0 Å². The molecule has 1 aliphatic carbocycles. The van der Waals surface area contributed by atoms with Crippen LogP contribution in [0.5, 0.6) is 0 Å². The monoisotopic (exact) mass is 314 g/mol. The lowest BCUT2D eigenvalue weighted by Crippen LogP contribution is -2.47. The second-order valence-electron chi connectivity index (χ2n) is 7.06. The van der Waals surface area contributed by atoms with Crippen molar-refractivity contribution in [3.8, 4) is 0 Å². The maximum Gasteiger partial charge on any atom is 0.227 e. The van der Waals surface area contributed by atoms with E-state index >= 15 is 0 Å². The summed E-state index contributed by atoms with van der Waals surface area (Å²) < 4.78 is 0. The fourth-order valence-electron chi connectivity index (χ4n) is 4.04. The Bertz CT molecular complexity index is 534. The highest BCUT2D eigenvalue weighted by Crippen LogP contribution is 2.23. The zero-order valence-corrected chi connectivity index (χ0v) is 14.4. The fourth-order valence-corrected chi connectivity index (χ4v) is 4.04. The lowest BCUT2D eigenvalue weighted by Gasteiger charge is -2.34. The highest BCUT2D eigenvalue weighted by atomic mass is 16.2. The summed E-state index contributed by atoms with van der Waals surface area (Å²) in [6.07, 6.45) is 8.79. The molecule has 1 fully saturated rings. The smallest absolute Gasteiger partial charge is 0.227 e. The fraction of sp³-hybridized carbons (Fsp3) is 0.650. The van der Waals surface area contributed by atoms with Crippen LogP contribution >= 0.6 is 0 Å². The zero-order chi connectivity index (χ0) is 16.1. The minimum absolute atomic E-state index is 0.314. The first kappa shape index (κ1) is 16.5. The van der Waals surface area contributed by atoms with Crippen LogP contribution in [0.1, 0.15) is 55.7 Å². The van der Waals surface area contributed by atoms with E-state index in [-0.39, 0.29) is 0 Å². The van der Waals surface area contributed by atoms with Crippen LogP contribution in [-0.2, 0) is 24.1 Å². The van der Waals surface area contributed by atoms with E-state index in [0.717, 1.165) is 38.9 Å². The van der Waals surface area contributed by atoms with Crippen molar-refractivity contribution < 1.29 is 4.79 Å². The molecule has 0 bridgehead atoms. The molecule has 1 heterocycles. The number of hydrogen-bond acceptors (Lipinski definition) is 2. The van der Waals surface area contributed by atoms with Crippen molar-refractivity contribution in [2.75, 3.05) is 19.6 Å². The Kier molecular flexibility index (Phi) is 5.71. The van der Waals surface area contributed by atoms with Crippen molar-refractivity contribution in [1.29, 1.82) is 0 Å². The minimum atomic E-state index is 0.314. The van der Waals surface area contributed by atoms with Crippen molar-refractivity contribution in [3.63, 3.8) is 0 Å². The molecule has 0 atom stereocenters. The van der Waals surface area contributed by atoms with E-state index < -0.39 is 0 Å². The molecule has 1 saturated heterocycles. The number of hydrogen-bond donors (Lipinski definition) is 1. The number of fused-ring (bicyclic) bond motifs is 1. The van der Waals surface area contributed by atoms with Gasteiger partial charge < -0.3 is 10.2 Å². The largest absolute Gasteiger partial charge is 0.339 e. The molecule has 0 spiro atoms. The number of aryl methyl sites for hydroxylation is 2. The van der Waals surface area contributed by atoms with Crippen LogP contribution < -0.4 is 5.32 Å². The number of rotatable bonds is 5. The molecular weight excluding hydrogens is 284 g/mol. The Morgan fingerprint density at radius 2 is 1.91 bits per heavy atom. The van der Waals surface area contributed by atoms with Gasteiger partial charge in [-0.2, -0.15) is 0 Å². The predicted octanol–water partition coefficient (Wildman–Crippen LogP) is 3.10.